The highest BCUT2D eigenvalue weighted by Crippen LogP contribution is 2.23. The van der Waals surface area contributed by atoms with Crippen LogP contribution in [0.25, 0.3) is 0 Å². The van der Waals surface area contributed by atoms with Gasteiger partial charge in [-0.1, -0.05) is 12.1 Å². The number of ether oxygens (including phenoxy) is 1. The molecule has 0 fully saturated rings. The summed E-state index contributed by atoms with van der Waals surface area (Å²) in [5.74, 6) is -0.592. The number of hydrogen-bond acceptors (Lipinski definition) is 4. The van der Waals surface area contributed by atoms with Crippen LogP contribution in [0, 0.1) is 10.1 Å². The number of hydrogen-bond donors (Lipinski definition) is 0. The minimum atomic E-state index is -0.934. The maximum atomic E-state index is 11.0. The maximum Gasteiger partial charge on any atom is 0.328 e. The molecule has 0 aliphatic carbocycles. The lowest BCUT2D eigenvalue weighted by atomic mass is 10.1. The molecule has 0 heterocycles. The summed E-state index contributed by atoms with van der Waals surface area (Å²) in [6, 6.07) is 5.42. The van der Waals surface area contributed by atoms with Crippen molar-refractivity contribution in [1.82, 2.24) is 0 Å². The highest BCUT2D eigenvalue weighted by molar-refractivity contribution is 6.29. The number of halogens is 1. The van der Waals surface area contributed by atoms with Crippen LogP contribution in [0.15, 0.2) is 24.3 Å². The molecule has 80 valence electrons. The summed E-state index contributed by atoms with van der Waals surface area (Å²) < 4.78 is 4.44. The number of methoxy groups -OCH3 is 1. The molecule has 0 bridgehead atoms. The molecule has 0 aliphatic rings. The molecule has 0 radical (unpaired) electrons. The van der Waals surface area contributed by atoms with Gasteiger partial charge in [-0.05, 0) is 5.56 Å². The molecule has 15 heavy (non-hydrogen) atoms. The summed E-state index contributed by atoms with van der Waals surface area (Å²) in [7, 11) is 1.23. The van der Waals surface area contributed by atoms with Crippen LogP contribution < -0.4 is 0 Å². The van der Waals surface area contributed by atoms with Gasteiger partial charge in [-0.15, -0.1) is 11.6 Å². The normalized spacial score (nSPS) is 11.9. The lowest BCUT2D eigenvalue weighted by Gasteiger charge is -2.06. The van der Waals surface area contributed by atoms with Crippen LogP contribution >= 0.6 is 11.6 Å². The standard InChI is InChI=1S/C9H8ClNO4/c1-15-9(12)8(10)6-2-4-7(5-3-6)11(13)14/h2-5,8H,1H3. The van der Waals surface area contributed by atoms with Gasteiger partial charge in [0.05, 0.1) is 12.0 Å². The largest absolute Gasteiger partial charge is 0.468 e. The van der Waals surface area contributed by atoms with Crippen LogP contribution in [0.3, 0.4) is 0 Å². The van der Waals surface area contributed by atoms with Crippen LogP contribution in [-0.2, 0) is 9.53 Å². The smallest absolute Gasteiger partial charge is 0.328 e. The number of nitro groups is 1. The van der Waals surface area contributed by atoms with E-state index in [1.54, 1.807) is 0 Å². The van der Waals surface area contributed by atoms with Crippen molar-refractivity contribution in [2.24, 2.45) is 0 Å². The van der Waals surface area contributed by atoms with Gasteiger partial charge >= 0.3 is 5.97 Å². The van der Waals surface area contributed by atoms with Crippen molar-refractivity contribution in [3.63, 3.8) is 0 Å². The van der Waals surface area contributed by atoms with Crippen molar-refractivity contribution in [3.05, 3.63) is 39.9 Å². The number of non-ortho nitro benzene ring substituents is 1. The molecule has 0 N–H and O–H groups in total. The molecular formula is C9H8ClNO4. The van der Waals surface area contributed by atoms with Crippen molar-refractivity contribution in [3.8, 4) is 0 Å². The Kier molecular flexibility index (Phi) is 3.62. The molecule has 1 rings (SSSR count). The first-order valence-electron chi connectivity index (χ1n) is 4.02. The minimum absolute atomic E-state index is 0.0486. The van der Waals surface area contributed by atoms with Crippen LogP contribution in [0.2, 0.25) is 0 Å². The third-order valence-corrected chi connectivity index (χ3v) is 2.23. The Morgan fingerprint density at radius 3 is 2.40 bits per heavy atom. The van der Waals surface area contributed by atoms with Gasteiger partial charge in [0, 0.05) is 12.1 Å². The predicted octanol–water partition coefficient (Wildman–Crippen LogP) is 2.05. The van der Waals surface area contributed by atoms with Gasteiger partial charge in [0.1, 0.15) is 0 Å². The van der Waals surface area contributed by atoms with Crippen molar-refractivity contribution in [1.29, 1.82) is 0 Å². The zero-order chi connectivity index (χ0) is 11.4. The summed E-state index contributed by atoms with van der Waals surface area (Å²) in [6.45, 7) is 0. The molecular weight excluding hydrogens is 222 g/mol. The number of benzene rings is 1. The number of alkyl halides is 1. The number of rotatable bonds is 3. The molecule has 0 aromatic heterocycles. The van der Waals surface area contributed by atoms with Gasteiger partial charge in [0.15, 0.2) is 5.38 Å². The molecule has 0 amide bonds. The SMILES string of the molecule is COC(=O)C(Cl)c1ccc([N+](=O)[O-])cc1. The van der Waals surface area contributed by atoms with Crippen LogP contribution in [0.5, 0.6) is 0 Å². The highest BCUT2D eigenvalue weighted by atomic mass is 35.5. The Morgan fingerprint density at radius 2 is 2.00 bits per heavy atom. The van der Waals surface area contributed by atoms with E-state index >= 15 is 0 Å². The monoisotopic (exact) mass is 229 g/mol. The zero-order valence-electron chi connectivity index (χ0n) is 7.84. The summed E-state index contributed by atoms with van der Waals surface area (Å²) in [6.07, 6.45) is 0. The Labute approximate surface area is 90.8 Å². The van der Waals surface area contributed by atoms with Crippen molar-refractivity contribution in [2.75, 3.05) is 7.11 Å². The molecule has 6 heteroatoms. The van der Waals surface area contributed by atoms with Gasteiger partial charge in [-0.25, -0.2) is 0 Å². The van der Waals surface area contributed by atoms with E-state index in [1.165, 1.54) is 31.4 Å². The molecule has 0 spiro atoms. The van der Waals surface area contributed by atoms with Crippen LogP contribution in [0.4, 0.5) is 5.69 Å². The molecule has 1 atom stereocenters. The fourth-order valence-corrected chi connectivity index (χ4v) is 1.24. The molecule has 1 aromatic carbocycles. The summed E-state index contributed by atoms with van der Waals surface area (Å²) >= 11 is 5.74. The highest BCUT2D eigenvalue weighted by Gasteiger charge is 2.18. The van der Waals surface area contributed by atoms with E-state index in [0.717, 1.165) is 0 Å². The molecule has 0 aliphatic heterocycles. The van der Waals surface area contributed by atoms with Crippen molar-refractivity contribution >= 4 is 23.3 Å². The van der Waals surface area contributed by atoms with Gasteiger partial charge < -0.3 is 4.74 Å². The molecule has 0 saturated carbocycles. The van der Waals surface area contributed by atoms with Gasteiger partial charge in [0.25, 0.3) is 5.69 Å². The van der Waals surface area contributed by atoms with E-state index < -0.39 is 16.3 Å². The number of esters is 1. The van der Waals surface area contributed by atoms with Crippen molar-refractivity contribution < 1.29 is 14.5 Å². The Morgan fingerprint density at radius 1 is 1.47 bits per heavy atom. The average molecular weight is 230 g/mol. The first-order valence-corrected chi connectivity index (χ1v) is 4.46. The van der Waals surface area contributed by atoms with Crippen LogP contribution in [0.1, 0.15) is 10.9 Å². The Balaban J connectivity index is 2.89. The predicted molar refractivity (Wildman–Crippen MR) is 53.7 cm³/mol. The molecule has 1 unspecified atom stereocenters. The quantitative estimate of drug-likeness (QED) is 0.344. The van der Waals surface area contributed by atoms with Gasteiger partial charge in [-0.2, -0.15) is 0 Å². The van der Waals surface area contributed by atoms with E-state index in [4.69, 9.17) is 11.6 Å². The maximum absolute atomic E-state index is 11.0. The van der Waals surface area contributed by atoms with E-state index in [-0.39, 0.29) is 5.69 Å². The van der Waals surface area contributed by atoms with Crippen molar-refractivity contribution in [2.45, 2.75) is 5.38 Å². The molecule has 5 nitrogen and oxygen atoms in total. The fourth-order valence-electron chi connectivity index (χ4n) is 1.00. The zero-order valence-corrected chi connectivity index (χ0v) is 8.60. The second-order valence-electron chi connectivity index (χ2n) is 2.73. The van der Waals surface area contributed by atoms with E-state index in [2.05, 4.69) is 4.74 Å². The third kappa shape index (κ3) is 2.66. The molecule has 1 aromatic rings. The number of carbonyl (C=O) groups excluding carboxylic acids is 1. The second-order valence-corrected chi connectivity index (χ2v) is 3.17. The summed E-state index contributed by atoms with van der Waals surface area (Å²) in [4.78, 5) is 20.9. The van der Waals surface area contributed by atoms with E-state index in [0.29, 0.717) is 5.56 Å². The van der Waals surface area contributed by atoms with E-state index in [1.807, 2.05) is 0 Å². The first kappa shape index (κ1) is 11.5. The lowest BCUT2D eigenvalue weighted by Crippen LogP contribution is -2.08. The fraction of sp³-hybridized carbons (Fsp3) is 0.222. The number of carbonyl (C=O) groups is 1. The second kappa shape index (κ2) is 4.75. The number of nitro benzene ring substituents is 1. The summed E-state index contributed by atoms with van der Waals surface area (Å²) in [5, 5.41) is 9.42. The minimum Gasteiger partial charge on any atom is -0.468 e. The van der Waals surface area contributed by atoms with E-state index in [9.17, 15) is 14.9 Å². The van der Waals surface area contributed by atoms with Crippen LogP contribution in [-0.4, -0.2) is 18.0 Å². The lowest BCUT2D eigenvalue weighted by molar-refractivity contribution is -0.384. The Hall–Kier alpha value is -1.62. The Bertz CT molecular complexity index is 376. The summed E-state index contributed by atoms with van der Waals surface area (Å²) in [5.41, 5.74) is 0.418. The van der Waals surface area contributed by atoms with Gasteiger partial charge in [-0.3, -0.25) is 14.9 Å². The molecule has 0 saturated heterocycles. The van der Waals surface area contributed by atoms with Gasteiger partial charge in [0.2, 0.25) is 0 Å². The average Bonchev–Trinajstić information content (AvgIpc) is 2.27. The third-order valence-electron chi connectivity index (χ3n) is 1.80. The topological polar surface area (TPSA) is 69.4 Å². The number of nitrogens with zero attached hydrogens (tertiary/aromatic N) is 1. The first-order chi connectivity index (χ1) is 7.06.